The number of methoxy groups -OCH3 is 2. The van der Waals surface area contributed by atoms with Crippen LogP contribution in [-0.2, 0) is 32.9 Å². The van der Waals surface area contributed by atoms with Gasteiger partial charge in [-0.2, -0.15) is 9.97 Å². The van der Waals surface area contributed by atoms with Gasteiger partial charge in [-0.3, -0.25) is 39.2 Å². The number of rotatable bonds is 20. The first-order valence-electron chi connectivity index (χ1n) is 32.5. The first-order chi connectivity index (χ1) is 46.6. The number of aromatic nitrogens is 8. The maximum Gasteiger partial charge on any atom is 0.229 e. The quantitative estimate of drug-likeness (QED) is 0.0306. The molecular formula is C66H87ClF2N20O6S2. The number of anilines is 11. The zero-order valence-electron chi connectivity index (χ0n) is 56.1. The highest BCUT2D eigenvalue weighted by molar-refractivity contribution is 7.92. The number of piperazine rings is 2. The van der Waals surface area contributed by atoms with Gasteiger partial charge in [0.05, 0.1) is 84.3 Å². The Morgan fingerprint density at radius 2 is 0.979 bits per heavy atom. The fourth-order valence-corrected chi connectivity index (χ4v) is 14.0. The van der Waals surface area contributed by atoms with Gasteiger partial charge in [0, 0.05) is 139 Å². The summed E-state index contributed by atoms with van der Waals surface area (Å²) < 4.78 is 92.8. The molecule has 520 valence electrons. The van der Waals surface area contributed by atoms with Crippen LogP contribution in [0.5, 0.6) is 11.5 Å². The zero-order valence-corrected chi connectivity index (χ0v) is 58.5. The maximum absolute atomic E-state index is 15.1. The van der Waals surface area contributed by atoms with Crippen molar-refractivity contribution in [2.75, 3.05) is 160 Å². The summed E-state index contributed by atoms with van der Waals surface area (Å²) in [6.45, 7) is 18.0. The van der Waals surface area contributed by atoms with Crippen molar-refractivity contribution in [3.8, 4) is 11.5 Å². The van der Waals surface area contributed by atoms with Crippen LogP contribution >= 0.6 is 11.6 Å². The molecule has 12 rings (SSSR count). The molecule has 0 saturated carbocycles. The summed E-state index contributed by atoms with van der Waals surface area (Å²) in [5.74, 6) is -0.256. The monoisotopic (exact) mass is 1390 g/mol. The molecule has 4 aliphatic rings. The molecule has 97 heavy (non-hydrogen) atoms. The van der Waals surface area contributed by atoms with E-state index in [2.05, 4.69) is 147 Å². The van der Waals surface area contributed by atoms with E-state index in [1.807, 2.05) is 0 Å². The summed E-state index contributed by atoms with van der Waals surface area (Å²) in [6, 6.07) is 16.2. The van der Waals surface area contributed by atoms with Crippen molar-refractivity contribution in [3.63, 3.8) is 0 Å². The summed E-state index contributed by atoms with van der Waals surface area (Å²) in [4.78, 5) is 47.8. The van der Waals surface area contributed by atoms with Crippen molar-refractivity contribution < 1.29 is 35.1 Å². The highest BCUT2D eigenvalue weighted by atomic mass is 35.5. The number of nitrogens with zero attached hydrogens (tertiary/aromatic N) is 14. The molecule has 8 aromatic rings. The van der Waals surface area contributed by atoms with Crippen LogP contribution in [-0.4, -0.2) is 208 Å². The normalized spacial score (nSPS) is 16.4. The Morgan fingerprint density at radius 1 is 0.546 bits per heavy atom. The molecule has 26 nitrogen and oxygen atoms in total. The Bertz CT molecular complexity index is 4250. The van der Waals surface area contributed by atoms with Crippen LogP contribution in [0.15, 0.2) is 85.7 Å². The van der Waals surface area contributed by atoms with Gasteiger partial charge in [-0.05, 0) is 112 Å². The van der Waals surface area contributed by atoms with Gasteiger partial charge < -0.3 is 50.8 Å². The number of nitrogens with one attached hydrogen (secondary N) is 5. The number of hydrogen-bond donors (Lipinski definition) is 6. The predicted octanol–water partition coefficient (Wildman–Crippen LogP) is 9.37. The molecule has 0 bridgehead atoms. The summed E-state index contributed by atoms with van der Waals surface area (Å²) in [7, 11) is 0.437. The Hall–Kier alpha value is -8.39. The molecule has 0 atom stereocenters. The van der Waals surface area contributed by atoms with Crippen molar-refractivity contribution in [3.05, 3.63) is 114 Å². The minimum atomic E-state index is -3.70. The van der Waals surface area contributed by atoms with Crippen LogP contribution in [0.2, 0.25) is 5.28 Å². The van der Waals surface area contributed by atoms with E-state index in [9.17, 15) is 21.2 Å². The lowest BCUT2D eigenvalue weighted by Crippen LogP contribution is -2.52. The number of hydrogen-bond acceptors (Lipinski definition) is 24. The van der Waals surface area contributed by atoms with Crippen LogP contribution in [0.25, 0.3) is 22.1 Å². The number of nitrogen functional groups attached to an aromatic ring is 1. The molecule has 8 heterocycles. The molecule has 7 N–H and O–H groups in total. The number of likely N-dealkylation sites (N-methyl/N-ethyl adjacent to an activating group) is 2. The predicted molar refractivity (Wildman–Crippen MR) is 382 cm³/mol. The molecule has 4 saturated heterocycles. The second-order valence-corrected chi connectivity index (χ2v) is 28.5. The summed E-state index contributed by atoms with van der Waals surface area (Å²) in [6.07, 6.45) is 18.7. The van der Waals surface area contributed by atoms with Gasteiger partial charge >= 0.3 is 0 Å². The number of piperidine rings is 2. The topological polar surface area (TPSA) is 295 Å². The average Bonchev–Trinajstić information content (AvgIpc) is 0.823. The molecule has 0 amide bonds. The van der Waals surface area contributed by atoms with Crippen molar-refractivity contribution >= 4 is 117 Å². The van der Waals surface area contributed by atoms with E-state index in [-0.39, 0.29) is 45.6 Å². The SMILES string of the molecule is CCCc1cc(N)c(OC)cc1N1CCC(N2CCN(C)CC2)CC1.CCCc1cc(Nc2ncc(F)c(Nc3ccc4nccnc4c3NS(C)(=O)=O)n2)c(OC)cc1N1CCC(N2CCN(C)CC2)CC1.CS(=O)(=O)Nc1c(Nc2nc(Cl)ncc2F)ccc2nccnc12. The van der Waals surface area contributed by atoms with E-state index in [0.717, 1.165) is 133 Å². The van der Waals surface area contributed by atoms with Gasteiger partial charge in [0.25, 0.3) is 0 Å². The largest absolute Gasteiger partial charge is 0.495 e. The Kier molecular flexibility index (Phi) is 23.8. The zero-order chi connectivity index (χ0) is 69.0. The van der Waals surface area contributed by atoms with Crippen molar-refractivity contribution in [1.29, 1.82) is 0 Å². The van der Waals surface area contributed by atoms with E-state index in [1.54, 1.807) is 32.4 Å². The first-order valence-corrected chi connectivity index (χ1v) is 36.7. The highest BCUT2D eigenvalue weighted by Gasteiger charge is 2.31. The van der Waals surface area contributed by atoms with E-state index >= 15 is 4.39 Å². The maximum atomic E-state index is 15.1. The molecule has 4 fully saturated rings. The molecule has 31 heteroatoms. The standard InChI is InChI=1S/C33H43FN10O3S.C20H34N4O.C13H10ClFN6O2S/c1-5-6-22-19-27(29(47-3)20-28(22)44-13-9-23(10-14-44)43-17-15-42(2)16-18-43)39-33-37-21-24(34)32(40-33)38-26-8-7-25-30(36-12-11-35-25)31(26)41-48(4,45)46;1-4-5-16-14-18(21)20(25-3)15-19(16)24-8-6-17(7-9-24)23-12-10-22(2)11-13-23;1-24(22,23)21-11-9(3-2-8-10(11)17-5-4-16-8)19-12-7(15)6-18-13(14)20-12/h7-8,11-12,19-21,23,41H,5-6,9-10,13-18H2,1-4H3,(H2,37,38,39,40);14-15,17H,4-13,21H2,1-3H3;2-6,21H,1H3,(H,18,19,20). The van der Waals surface area contributed by atoms with Crippen LogP contribution < -0.4 is 50.4 Å². The van der Waals surface area contributed by atoms with Gasteiger partial charge in [-0.1, -0.05) is 26.7 Å². The van der Waals surface area contributed by atoms with Crippen molar-refractivity contribution in [2.45, 2.75) is 77.3 Å². The second kappa shape index (κ2) is 32.3. The summed E-state index contributed by atoms with van der Waals surface area (Å²) in [5.41, 5.74) is 14.9. The number of nitrogens with two attached hydrogens (primary N) is 1. The molecular weight excluding hydrogens is 1310 g/mol. The first kappa shape index (κ1) is 71.4. The third-order valence-corrected chi connectivity index (χ3v) is 19.0. The smallest absolute Gasteiger partial charge is 0.229 e. The lowest BCUT2D eigenvalue weighted by atomic mass is 9.99. The van der Waals surface area contributed by atoms with Gasteiger partial charge in [0.2, 0.25) is 31.3 Å². The second-order valence-electron chi connectivity index (χ2n) is 24.7. The van der Waals surface area contributed by atoms with E-state index in [0.29, 0.717) is 39.5 Å². The Morgan fingerprint density at radius 3 is 1.43 bits per heavy atom. The Labute approximate surface area is 571 Å². The third kappa shape index (κ3) is 18.6. The summed E-state index contributed by atoms with van der Waals surface area (Å²) >= 11 is 5.66. The number of benzene rings is 4. The van der Waals surface area contributed by atoms with Crippen molar-refractivity contribution in [2.24, 2.45) is 0 Å². The minimum Gasteiger partial charge on any atom is -0.495 e. The van der Waals surface area contributed by atoms with E-state index < -0.39 is 31.7 Å². The van der Waals surface area contributed by atoms with Crippen LogP contribution in [0.4, 0.5) is 71.9 Å². The minimum absolute atomic E-state index is 0.122. The molecule has 0 radical (unpaired) electrons. The van der Waals surface area contributed by atoms with Crippen molar-refractivity contribution in [1.82, 2.24) is 59.5 Å². The van der Waals surface area contributed by atoms with Gasteiger partial charge in [0.1, 0.15) is 22.5 Å². The summed E-state index contributed by atoms with van der Waals surface area (Å²) in [5, 5.41) is 8.68. The molecule has 0 unspecified atom stereocenters. The van der Waals surface area contributed by atoms with Crippen LogP contribution in [0.1, 0.15) is 63.5 Å². The molecule has 4 aromatic heterocycles. The van der Waals surface area contributed by atoms with Gasteiger partial charge in [-0.25, -0.2) is 35.6 Å². The molecule has 0 aliphatic carbocycles. The number of ether oxygens (including phenoxy) is 2. The van der Waals surface area contributed by atoms with Crippen LogP contribution in [0, 0.1) is 11.6 Å². The molecule has 4 aromatic carbocycles. The highest BCUT2D eigenvalue weighted by Crippen LogP contribution is 2.40. The fraction of sp³-hybridized carbons (Fsp3) is 0.455. The molecule has 4 aliphatic heterocycles. The number of aryl methyl sites for hydroxylation is 2. The van der Waals surface area contributed by atoms with E-state index in [4.69, 9.17) is 26.8 Å². The molecule has 0 spiro atoms. The fourth-order valence-electron chi connectivity index (χ4n) is 12.7. The van der Waals surface area contributed by atoms with Gasteiger partial charge in [0.15, 0.2) is 23.3 Å². The third-order valence-electron chi connectivity index (χ3n) is 17.7. The number of sulfonamides is 2. The Balaban J connectivity index is 0.000000175. The van der Waals surface area contributed by atoms with E-state index in [1.165, 1.54) is 92.4 Å². The number of halogens is 3. The number of fused-ring (bicyclic) bond motifs is 2. The lowest BCUT2D eigenvalue weighted by molar-refractivity contribution is 0.0982. The average molecular weight is 1390 g/mol. The van der Waals surface area contributed by atoms with Crippen LogP contribution in [0.3, 0.4) is 0 Å². The lowest BCUT2D eigenvalue weighted by Gasteiger charge is -2.43. The van der Waals surface area contributed by atoms with Gasteiger partial charge in [-0.15, -0.1) is 0 Å².